The molecule has 5 nitrogen and oxygen atoms in total. The summed E-state index contributed by atoms with van der Waals surface area (Å²) in [7, 11) is 0. The van der Waals surface area contributed by atoms with Gasteiger partial charge in [0.15, 0.2) is 0 Å². The first-order valence-corrected chi connectivity index (χ1v) is 10.7. The van der Waals surface area contributed by atoms with E-state index in [1.807, 2.05) is 29.1 Å². The minimum absolute atomic E-state index is 0.178. The average molecular weight is 401 g/mol. The van der Waals surface area contributed by atoms with E-state index in [4.69, 9.17) is 0 Å². The molecule has 3 heterocycles. The van der Waals surface area contributed by atoms with Crippen molar-refractivity contribution in [2.75, 3.05) is 19.6 Å². The summed E-state index contributed by atoms with van der Waals surface area (Å²) in [5, 5.41) is 4.55. The molecule has 154 valence electrons. The third-order valence-electron chi connectivity index (χ3n) is 6.76. The lowest BCUT2D eigenvalue weighted by molar-refractivity contribution is -0.130. The zero-order valence-electron chi connectivity index (χ0n) is 17.6. The van der Waals surface area contributed by atoms with E-state index in [9.17, 15) is 4.79 Å². The van der Waals surface area contributed by atoms with E-state index in [2.05, 4.69) is 64.3 Å². The molecule has 2 fully saturated rings. The molecule has 30 heavy (non-hydrogen) atoms. The van der Waals surface area contributed by atoms with Gasteiger partial charge in [0, 0.05) is 45.2 Å². The molecule has 3 aromatic rings. The Morgan fingerprint density at radius 2 is 1.77 bits per heavy atom. The predicted molar refractivity (Wildman–Crippen MR) is 117 cm³/mol. The highest BCUT2D eigenvalue weighted by Crippen LogP contribution is 2.46. The summed E-state index contributed by atoms with van der Waals surface area (Å²) in [4.78, 5) is 17.0. The molecule has 3 atom stereocenters. The summed E-state index contributed by atoms with van der Waals surface area (Å²) in [6.45, 7) is 7.63. The lowest BCUT2D eigenvalue weighted by atomic mass is 9.87. The number of carbonyl (C=O) groups excluding carboxylic acids is 1. The maximum absolute atomic E-state index is 12.4. The maximum atomic E-state index is 12.4. The van der Waals surface area contributed by atoms with Crippen LogP contribution in [0.1, 0.15) is 29.8 Å². The van der Waals surface area contributed by atoms with Crippen LogP contribution in [0.15, 0.2) is 66.9 Å². The largest absolute Gasteiger partial charge is 0.335 e. The van der Waals surface area contributed by atoms with Gasteiger partial charge in [0.05, 0.1) is 17.4 Å². The van der Waals surface area contributed by atoms with E-state index in [0.29, 0.717) is 11.8 Å². The number of aromatic nitrogens is 2. The molecule has 0 radical (unpaired) electrons. The number of rotatable bonds is 4. The fraction of sp³-hybridized carbons (Fsp3) is 0.360. The highest BCUT2D eigenvalue weighted by Gasteiger charge is 2.48. The molecule has 2 aromatic carbocycles. The number of likely N-dealkylation sites (tertiary alicyclic amines) is 2. The van der Waals surface area contributed by atoms with E-state index in [-0.39, 0.29) is 11.9 Å². The van der Waals surface area contributed by atoms with Crippen molar-refractivity contribution in [3.05, 3.63) is 83.7 Å². The summed E-state index contributed by atoms with van der Waals surface area (Å²) in [5.41, 5.74) is 4.88. The molecular weight excluding hydrogens is 372 g/mol. The Morgan fingerprint density at radius 1 is 1.00 bits per heavy atom. The second-order valence-corrected chi connectivity index (χ2v) is 8.66. The Hall–Kier alpha value is -2.92. The maximum Gasteiger partial charge on any atom is 0.219 e. The van der Waals surface area contributed by atoms with Gasteiger partial charge in [-0.2, -0.15) is 5.10 Å². The molecule has 0 unspecified atom stereocenters. The van der Waals surface area contributed by atoms with Crippen LogP contribution >= 0.6 is 0 Å². The predicted octanol–water partition coefficient (Wildman–Crippen LogP) is 3.83. The minimum atomic E-state index is 0.178. The molecule has 0 spiro atoms. The molecule has 0 saturated carbocycles. The standard InChI is InChI=1S/C25H28N4O/c1-18-8-6-7-11-23(18)25-24-17-27(14-20(24)15-28(25)19(2)30)16-22-12-13-26-29(22)21-9-4-3-5-10-21/h3-13,20,24-25H,14-17H2,1-2H3/t20-,24-,25+/m1/s1. The topological polar surface area (TPSA) is 41.4 Å². The number of hydrogen-bond acceptors (Lipinski definition) is 3. The third-order valence-corrected chi connectivity index (χ3v) is 6.76. The van der Waals surface area contributed by atoms with Gasteiger partial charge >= 0.3 is 0 Å². The van der Waals surface area contributed by atoms with Crippen molar-refractivity contribution < 1.29 is 4.79 Å². The van der Waals surface area contributed by atoms with Gasteiger partial charge < -0.3 is 4.90 Å². The Labute approximate surface area is 177 Å². The molecular formula is C25H28N4O. The van der Waals surface area contributed by atoms with Crippen LogP contribution in [0.3, 0.4) is 0 Å². The van der Waals surface area contributed by atoms with Crippen LogP contribution in [0.5, 0.6) is 0 Å². The smallest absolute Gasteiger partial charge is 0.219 e. The summed E-state index contributed by atoms with van der Waals surface area (Å²) in [6.07, 6.45) is 1.88. The lowest BCUT2D eigenvalue weighted by Crippen LogP contribution is -2.34. The number of aryl methyl sites for hydroxylation is 1. The molecule has 5 rings (SSSR count). The Balaban J connectivity index is 1.38. The molecule has 2 aliphatic rings. The number of benzene rings is 2. The van der Waals surface area contributed by atoms with E-state index in [1.165, 1.54) is 16.8 Å². The van der Waals surface area contributed by atoms with Crippen molar-refractivity contribution in [1.29, 1.82) is 0 Å². The number of hydrogen-bond donors (Lipinski definition) is 0. The van der Waals surface area contributed by atoms with E-state index in [1.54, 1.807) is 6.92 Å². The first-order chi connectivity index (χ1) is 14.6. The molecule has 1 aromatic heterocycles. The zero-order valence-corrected chi connectivity index (χ0v) is 17.6. The van der Waals surface area contributed by atoms with Gasteiger partial charge in [0.25, 0.3) is 0 Å². The van der Waals surface area contributed by atoms with Crippen LogP contribution in [0.2, 0.25) is 0 Å². The van der Waals surface area contributed by atoms with Crippen molar-refractivity contribution in [3.8, 4) is 5.69 Å². The first-order valence-electron chi connectivity index (χ1n) is 10.7. The Bertz CT molecular complexity index is 1040. The van der Waals surface area contributed by atoms with E-state index >= 15 is 0 Å². The number of nitrogens with zero attached hydrogens (tertiary/aromatic N) is 4. The molecule has 2 saturated heterocycles. The van der Waals surface area contributed by atoms with Gasteiger partial charge in [-0.3, -0.25) is 9.69 Å². The first kappa shape index (κ1) is 19.1. The van der Waals surface area contributed by atoms with E-state index in [0.717, 1.165) is 31.9 Å². The van der Waals surface area contributed by atoms with Gasteiger partial charge in [-0.05, 0) is 42.2 Å². The Morgan fingerprint density at radius 3 is 2.53 bits per heavy atom. The third kappa shape index (κ3) is 3.33. The van der Waals surface area contributed by atoms with Crippen LogP contribution in [-0.2, 0) is 11.3 Å². The van der Waals surface area contributed by atoms with Crippen molar-refractivity contribution in [3.63, 3.8) is 0 Å². The summed E-state index contributed by atoms with van der Waals surface area (Å²) in [5.74, 6) is 1.18. The summed E-state index contributed by atoms with van der Waals surface area (Å²) in [6, 6.07) is 21.1. The fourth-order valence-electron chi connectivity index (χ4n) is 5.39. The van der Waals surface area contributed by atoms with Gasteiger partial charge in [-0.15, -0.1) is 0 Å². The lowest BCUT2D eigenvalue weighted by Gasteiger charge is -2.30. The van der Waals surface area contributed by atoms with Gasteiger partial charge in [-0.25, -0.2) is 4.68 Å². The SMILES string of the molecule is CC(=O)N1C[C@H]2CN(Cc3ccnn3-c3ccccc3)C[C@H]2[C@@H]1c1ccccc1C. The summed E-state index contributed by atoms with van der Waals surface area (Å²) < 4.78 is 2.04. The molecule has 1 amide bonds. The van der Waals surface area contributed by atoms with Crippen LogP contribution in [0, 0.1) is 18.8 Å². The van der Waals surface area contributed by atoms with Crippen LogP contribution < -0.4 is 0 Å². The van der Waals surface area contributed by atoms with Crippen molar-refractivity contribution in [2.45, 2.75) is 26.4 Å². The number of para-hydroxylation sites is 1. The fourth-order valence-corrected chi connectivity index (χ4v) is 5.39. The number of fused-ring (bicyclic) bond motifs is 1. The van der Waals surface area contributed by atoms with E-state index < -0.39 is 0 Å². The average Bonchev–Trinajstić information content (AvgIpc) is 3.44. The second kappa shape index (κ2) is 7.73. The van der Waals surface area contributed by atoms with Gasteiger partial charge in [-0.1, -0.05) is 42.5 Å². The number of carbonyl (C=O) groups is 1. The highest BCUT2D eigenvalue weighted by atomic mass is 16.2. The molecule has 0 aliphatic carbocycles. The quantitative estimate of drug-likeness (QED) is 0.668. The zero-order chi connectivity index (χ0) is 20.7. The molecule has 0 bridgehead atoms. The van der Waals surface area contributed by atoms with Crippen LogP contribution in [0.4, 0.5) is 0 Å². The molecule has 0 N–H and O–H groups in total. The molecule has 5 heteroatoms. The monoisotopic (exact) mass is 400 g/mol. The number of amides is 1. The van der Waals surface area contributed by atoms with Crippen LogP contribution in [-0.4, -0.2) is 45.1 Å². The normalized spacial score (nSPS) is 23.7. The van der Waals surface area contributed by atoms with Crippen molar-refractivity contribution in [1.82, 2.24) is 19.6 Å². The van der Waals surface area contributed by atoms with Gasteiger partial charge in [0.1, 0.15) is 0 Å². The van der Waals surface area contributed by atoms with Crippen molar-refractivity contribution >= 4 is 5.91 Å². The Kier molecular flexibility index (Phi) is 4.91. The van der Waals surface area contributed by atoms with Gasteiger partial charge in [0.2, 0.25) is 5.91 Å². The second-order valence-electron chi connectivity index (χ2n) is 8.66. The van der Waals surface area contributed by atoms with Crippen LogP contribution in [0.25, 0.3) is 5.69 Å². The minimum Gasteiger partial charge on any atom is -0.335 e. The highest BCUT2D eigenvalue weighted by molar-refractivity contribution is 5.74. The van der Waals surface area contributed by atoms with Crippen molar-refractivity contribution in [2.24, 2.45) is 11.8 Å². The summed E-state index contributed by atoms with van der Waals surface area (Å²) >= 11 is 0. The molecule has 2 aliphatic heterocycles.